The van der Waals surface area contributed by atoms with Gasteiger partial charge in [0, 0.05) is 12.1 Å². The summed E-state index contributed by atoms with van der Waals surface area (Å²) in [6, 6.07) is 0. The van der Waals surface area contributed by atoms with Gasteiger partial charge in [0.1, 0.15) is 12.4 Å². The molecule has 0 amide bonds. The van der Waals surface area contributed by atoms with Gasteiger partial charge in [0.05, 0.1) is 0 Å². The Kier molecular flexibility index (Phi) is 3.45. The number of rotatable bonds is 2. The molecule has 0 bridgehead atoms. The fraction of sp³-hybridized carbons (Fsp3) is 0.667. The van der Waals surface area contributed by atoms with Crippen LogP contribution in [0.2, 0.25) is 0 Å². The van der Waals surface area contributed by atoms with Crippen molar-refractivity contribution in [2.75, 3.05) is 0 Å². The fourth-order valence-electron chi connectivity index (χ4n) is 1.35. The van der Waals surface area contributed by atoms with Gasteiger partial charge < -0.3 is 4.57 Å². The molecule has 8 heteroatoms. The van der Waals surface area contributed by atoms with Crippen LogP contribution in [0.25, 0.3) is 0 Å². The first-order chi connectivity index (χ1) is 7.50. The fourth-order valence-corrected chi connectivity index (χ4v) is 1.35. The second-order valence-electron chi connectivity index (χ2n) is 3.88. The van der Waals surface area contributed by atoms with E-state index in [0.717, 1.165) is 0 Å². The molecule has 0 aliphatic heterocycles. The predicted molar refractivity (Wildman–Crippen MR) is 47.4 cm³/mol. The monoisotopic (exact) mass is 260 g/mol. The van der Waals surface area contributed by atoms with Gasteiger partial charge >= 0.3 is 12.4 Å². The highest BCUT2D eigenvalue weighted by Crippen LogP contribution is 2.31. The number of halogens is 6. The highest BCUT2D eigenvalue weighted by molar-refractivity contribution is 5.10. The molecule has 0 saturated carbocycles. The third kappa shape index (κ3) is 3.64. The first-order valence-corrected chi connectivity index (χ1v) is 4.71. The molecule has 0 radical (unpaired) electrons. The minimum atomic E-state index is -4.74. The van der Waals surface area contributed by atoms with E-state index in [1.165, 1.54) is 13.8 Å². The zero-order valence-electron chi connectivity index (χ0n) is 9.02. The van der Waals surface area contributed by atoms with Crippen LogP contribution in [0.3, 0.4) is 0 Å². The summed E-state index contributed by atoms with van der Waals surface area (Å²) in [6.07, 6.45) is -8.92. The number of aromatic nitrogens is 2. The molecule has 0 spiro atoms. The molecule has 0 fully saturated rings. The molecule has 0 aliphatic rings. The summed E-state index contributed by atoms with van der Waals surface area (Å²) >= 11 is 0. The van der Waals surface area contributed by atoms with Crippen LogP contribution in [-0.2, 0) is 12.7 Å². The van der Waals surface area contributed by atoms with E-state index in [-0.39, 0.29) is 5.82 Å². The van der Waals surface area contributed by atoms with Gasteiger partial charge in [0.25, 0.3) is 0 Å². The SMILES string of the molecule is CC(C)c1nc(C(F)(F)F)cn1CC(F)(F)F. The van der Waals surface area contributed by atoms with Gasteiger partial charge in [-0.2, -0.15) is 26.3 Å². The van der Waals surface area contributed by atoms with Crippen LogP contribution in [0, 0.1) is 0 Å². The molecule has 0 atom stereocenters. The summed E-state index contributed by atoms with van der Waals surface area (Å²) in [4.78, 5) is 3.20. The molecule has 0 N–H and O–H groups in total. The lowest BCUT2D eigenvalue weighted by atomic mass is 10.2. The highest BCUT2D eigenvalue weighted by atomic mass is 19.4. The van der Waals surface area contributed by atoms with Crippen LogP contribution in [-0.4, -0.2) is 15.7 Å². The molecule has 1 aromatic heterocycles. The summed E-state index contributed by atoms with van der Waals surface area (Å²) in [5.74, 6) is -0.747. The maximum absolute atomic E-state index is 12.3. The predicted octanol–water partition coefficient (Wildman–Crippen LogP) is 3.59. The first kappa shape index (κ1) is 13.9. The van der Waals surface area contributed by atoms with Crippen molar-refractivity contribution in [3.63, 3.8) is 0 Å². The average Bonchev–Trinajstić information content (AvgIpc) is 2.43. The quantitative estimate of drug-likeness (QED) is 0.743. The zero-order chi connectivity index (χ0) is 13.4. The molecule has 1 heterocycles. The Morgan fingerprint density at radius 3 is 2.06 bits per heavy atom. The van der Waals surface area contributed by atoms with E-state index in [9.17, 15) is 26.3 Å². The standard InChI is InChI=1S/C9H10F6N2/c1-5(2)7-16-6(9(13,14)15)3-17(7)4-8(10,11)12/h3,5H,4H2,1-2H3. The van der Waals surface area contributed by atoms with Crippen molar-refractivity contribution in [2.45, 2.75) is 38.7 Å². The molecule has 0 aliphatic carbocycles. The second-order valence-corrected chi connectivity index (χ2v) is 3.88. The summed E-state index contributed by atoms with van der Waals surface area (Å²) < 4.78 is 73.9. The van der Waals surface area contributed by atoms with Crippen LogP contribution >= 0.6 is 0 Å². The molecule has 17 heavy (non-hydrogen) atoms. The van der Waals surface area contributed by atoms with E-state index in [4.69, 9.17) is 0 Å². The Bertz CT molecular complexity index is 387. The maximum atomic E-state index is 12.3. The Morgan fingerprint density at radius 1 is 1.18 bits per heavy atom. The molecule has 98 valence electrons. The Labute approximate surface area is 93.3 Å². The number of nitrogens with zero attached hydrogens (tertiary/aromatic N) is 2. The minimum absolute atomic E-state index is 0.227. The van der Waals surface area contributed by atoms with E-state index < -0.39 is 30.5 Å². The van der Waals surface area contributed by atoms with Crippen molar-refractivity contribution in [2.24, 2.45) is 0 Å². The van der Waals surface area contributed by atoms with Crippen LogP contribution in [0.1, 0.15) is 31.3 Å². The Balaban J connectivity index is 3.15. The third-order valence-corrected chi connectivity index (χ3v) is 1.96. The van der Waals surface area contributed by atoms with E-state index in [1.54, 1.807) is 0 Å². The largest absolute Gasteiger partial charge is 0.434 e. The van der Waals surface area contributed by atoms with Crippen LogP contribution in [0.4, 0.5) is 26.3 Å². The third-order valence-electron chi connectivity index (χ3n) is 1.96. The lowest BCUT2D eigenvalue weighted by Gasteiger charge is -2.11. The Morgan fingerprint density at radius 2 is 1.71 bits per heavy atom. The highest BCUT2D eigenvalue weighted by Gasteiger charge is 2.37. The van der Waals surface area contributed by atoms with Crippen molar-refractivity contribution in [1.82, 2.24) is 9.55 Å². The van der Waals surface area contributed by atoms with Crippen LogP contribution in [0.5, 0.6) is 0 Å². The average molecular weight is 260 g/mol. The van der Waals surface area contributed by atoms with Gasteiger partial charge in [-0.1, -0.05) is 13.8 Å². The molecule has 0 unspecified atom stereocenters. The van der Waals surface area contributed by atoms with Gasteiger partial charge in [0.2, 0.25) is 0 Å². The topological polar surface area (TPSA) is 17.8 Å². The number of imidazole rings is 1. The van der Waals surface area contributed by atoms with E-state index in [0.29, 0.717) is 10.8 Å². The summed E-state index contributed by atoms with van der Waals surface area (Å²) in [7, 11) is 0. The molecule has 1 rings (SSSR count). The van der Waals surface area contributed by atoms with Crippen molar-refractivity contribution in [3.8, 4) is 0 Å². The minimum Gasteiger partial charge on any atom is -0.325 e. The zero-order valence-corrected chi connectivity index (χ0v) is 9.02. The number of alkyl halides is 6. The van der Waals surface area contributed by atoms with E-state index >= 15 is 0 Å². The number of hydrogen-bond acceptors (Lipinski definition) is 1. The maximum Gasteiger partial charge on any atom is 0.434 e. The summed E-state index contributed by atoms with van der Waals surface area (Å²) in [5, 5.41) is 0. The smallest absolute Gasteiger partial charge is 0.325 e. The van der Waals surface area contributed by atoms with Crippen molar-refractivity contribution in [1.29, 1.82) is 0 Å². The van der Waals surface area contributed by atoms with E-state index in [1.807, 2.05) is 0 Å². The van der Waals surface area contributed by atoms with Crippen LogP contribution < -0.4 is 0 Å². The van der Waals surface area contributed by atoms with Crippen LogP contribution in [0.15, 0.2) is 6.20 Å². The van der Waals surface area contributed by atoms with Crippen molar-refractivity contribution in [3.05, 3.63) is 17.7 Å². The first-order valence-electron chi connectivity index (χ1n) is 4.71. The van der Waals surface area contributed by atoms with Gasteiger partial charge in [-0.25, -0.2) is 4.98 Å². The summed E-state index contributed by atoms with van der Waals surface area (Å²) in [5.41, 5.74) is -1.30. The lowest BCUT2D eigenvalue weighted by molar-refractivity contribution is -0.144. The normalized spacial score (nSPS) is 13.5. The molecule has 1 aromatic rings. The second kappa shape index (κ2) is 4.23. The molecule has 2 nitrogen and oxygen atoms in total. The van der Waals surface area contributed by atoms with Gasteiger partial charge in [-0.05, 0) is 0 Å². The number of hydrogen-bond donors (Lipinski definition) is 0. The molecule has 0 aromatic carbocycles. The van der Waals surface area contributed by atoms with Gasteiger partial charge in [-0.15, -0.1) is 0 Å². The van der Waals surface area contributed by atoms with Crippen molar-refractivity contribution >= 4 is 0 Å². The summed E-state index contributed by atoms with van der Waals surface area (Å²) in [6.45, 7) is 1.49. The molecular formula is C9H10F6N2. The molecular weight excluding hydrogens is 250 g/mol. The van der Waals surface area contributed by atoms with Crippen molar-refractivity contribution < 1.29 is 26.3 Å². The van der Waals surface area contributed by atoms with Gasteiger partial charge in [0.15, 0.2) is 5.69 Å². The lowest BCUT2D eigenvalue weighted by Crippen LogP contribution is -2.19. The molecule has 0 saturated heterocycles. The van der Waals surface area contributed by atoms with Gasteiger partial charge in [-0.3, -0.25) is 0 Å². The Hall–Kier alpha value is -1.21. The van der Waals surface area contributed by atoms with E-state index in [2.05, 4.69) is 4.98 Å².